The van der Waals surface area contributed by atoms with Crippen molar-refractivity contribution in [1.82, 2.24) is 4.98 Å². The van der Waals surface area contributed by atoms with Crippen LogP contribution in [0.5, 0.6) is 0 Å². The van der Waals surface area contributed by atoms with Gasteiger partial charge in [-0.25, -0.2) is 18.2 Å². The van der Waals surface area contributed by atoms with E-state index in [1.54, 1.807) is 0 Å². The van der Waals surface area contributed by atoms with Crippen LogP contribution in [-0.4, -0.2) is 10.9 Å². The smallest absolute Gasteiger partial charge is 0.266 e. The molecule has 1 heterocycles. The third-order valence-electron chi connectivity index (χ3n) is 1.49. The molecule has 0 aromatic carbocycles. The van der Waals surface area contributed by atoms with E-state index in [4.69, 9.17) is 17.3 Å². The maximum Gasteiger partial charge on any atom is 0.266 e. The first-order valence-corrected chi connectivity index (χ1v) is 3.74. The van der Waals surface area contributed by atoms with Crippen LogP contribution in [0, 0.1) is 5.82 Å². The summed E-state index contributed by atoms with van der Waals surface area (Å²) in [4.78, 5) is 13.8. The Morgan fingerprint density at radius 2 is 2.14 bits per heavy atom. The molecule has 0 unspecified atom stereocenters. The van der Waals surface area contributed by atoms with Crippen LogP contribution >= 0.6 is 11.6 Å². The minimum atomic E-state index is -3.03. The van der Waals surface area contributed by atoms with Crippen LogP contribution in [0.2, 0.25) is 5.15 Å². The van der Waals surface area contributed by atoms with Crippen LogP contribution in [0.4, 0.5) is 13.2 Å². The number of amides is 1. The van der Waals surface area contributed by atoms with Crippen LogP contribution in [0.1, 0.15) is 22.3 Å². The summed E-state index contributed by atoms with van der Waals surface area (Å²) in [5.41, 5.74) is 2.95. The van der Waals surface area contributed by atoms with Gasteiger partial charge in [-0.1, -0.05) is 11.6 Å². The van der Waals surface area contributed by atoms with Crippen LogP contribution in [-0.2, 0) is 0 Å². The van der Waals surface area contributed by atoms with Gasteiger partial charge in [-0.3, -0.25) is 4.79 Å². The maximum absolute atomic E-state index is 13.0. The lowest BCUT2D eigenvalue weighted by Crippen LogP contribution is -2.17. The van der Waals surface area contributed by atoms with Gasteiger partial charge >= 0.3 is 0 Å². The normalized spacial score (nSPS) is 10.6. The molecule has 7 heteroatoms. The van der Waals surface area contributed by atoms with E-state index < -0.39 is 34.4 Å². The molecular weight excluding hydrogens is 221 g/mol. The minimum absolute atomic E-state index is 0.621. The number of nitrogens with two attached hydrogens (primary N) is 1. The number of aromatic nitrogens is 1. The number of rotatable bonds is 2. The van der Waals surface area contributed by atoms with Crippen molar-refractivity contribution < 1.29 is 18.0 Å². The second-order valence-corrected chi connectivity index (χ2v) is 2.72. The van der Waals surface area contributed by atoms with Gasteiger partial charge < -0.3 is 5.73 Å². The number of nitrogens with zero attached hydrogens (tertiary/aromatic N) is 1. The van der Waals surface area contributed by atoms with Crippen molar-refractivity contribution in [1.29, 1.82) is 0 Å². The van der Waals surface area contributed by atoms with E-state index in [-0.39, 0.29) is 0 Å². The van der Waals surface area contributed by atoms with E-state index >= 15 is 0 Å². The van der Waals surface area contributed by atoms with Gasteiger partial charge in [0.05, 0.1) is 11.1 Å². The van der Waals surface area contributed by atoms with Crippen molar-refractivity contribution in [2.24, 2.45) is 5.73 Å². The first-order valence-electron chi connectivity index (χ1n) is 3.37. The average molecular weight is 225 g/mol. The molecule has 1 aromatic heterocycles. The summed E-state index contributed by atoms with van der Waals surface area (Å²) >= 11 is 5.20. The lowest BCUT2D eigenvalue weighted by molar-refractivity contribution is 0.0980. The molecule has 0 bridgehead atoms. The number of halogens is 4. The fourth-order valence-electron chi connectivity index (χ4n) is 0.893. The molecule has 1 rings (SSSR count). The second-order valence-electron chi connectivity index (χ2n) is 2.36. The third kappa shape index (κ3) is 1.79. The van der Waals surface area contributed by atoms with Gasteiger partial charge in [0.25, 0.3) is 12.3 Å². The molecule has 76 valence electrons. The molecule has 0 aliphatic heterocycles. The predicted octanol–water partition coefficient (Wildman–Crippen LogP) is 1.91. The Hall–Kier alpha value is -1.30. The van der Waals surface area contributed by atoms with E-state index in [0.717, 1.165) is 0 Å². The SMILES string of the molecule is NC(=O)c1c(C(F)F)cnc(Cl)c1F. The minimum Gasteiger partial charge on any atom is -0.365 e. The Bertz CT molecular complexity index is 383. The number of carbonyl (C=O) groups excluding carboxylic acids is 1. The van der Waals surface area contributed by atoms with Crippen LogP contribution in [0.25, 0.3) is 0 Å². The zero-order chi connectivity index (χ0) is 10.9. The van der Waals surface area contributed by atoms with Crippen LogP contribution in [0.3, 0.4) is 0 Å². The monoisotopic (exact) mass is 224 g/mol. The maximum atomic E-state index is 13.0. The number of primary amides is 1. The summed E-state index contributed by atoms with van der Waals surface area (Å²) in [5, 5.41) is -0.664. The van der Waals surface area contributed by atoms with Gasteiger partial charge in [0, 0.05) is 6.20 Å². The van der Waals surface area contributed by atoms with Gasteiger partial charge in [-0.05, 0) is 0 Å². The van der Waals surface area contributed by atoms with Crippen molar-refractivity contribution in [3.05, 3.63) is 28.3 Å². The van der Waals surface area contributed by atoms with Gasteiger partial charge in [-0.2, -0.15) is 0 Å². The number of pyridine rings is 1. The lowest BCUT2D eigenvalue weighted by Gasteiger charge is -2.06. The molecule has 14 heavy (non-hydrogen) atoms. The van der Waals surface area contributed by atoms with Gasteiger partial charge in [0.1, 0.15) is 0 Å². The zero-order valence-corrected chi connectivity index (χ0v) is 7.36. The third-order valence-corrected chi connectivity index (χ3v) is 1.75. The molecule has 0 aliphatic rings. The predicted molar refractivity (Wildman–Crippen MR) is 42.7 cm³/mol. The second kappa shape index (κ2) is 3.83. The van der Waals surface area contributed by atoms with Crippen LogP contribution in [0.15, 0.2) is 6.20 Å². The first kappa shape index (κ1) is 10.8. The van der Waals surface area contributed by atoms with Crippen molar-refractivity contribution >= 4 is 17.5 Å². The Kier molecular flexibility index (Phi) is 2.95. The summed E-state index contributed by atoms with van der Waals surface area (Å²) in [6.45, 7) is 0. The number of hydrogen-bond acceptors (Lipinski definition) is 2. The highest BCUT2D eigenvalue weighted by atomic mass is 35.5. The molecule has 0 radical (unpaired) electrons. The first-order chi connectivity index (χ1) is 6.45. The molecule has 3 nitrogen and oxygen atoms in total. The Morgan fingerprint density at radius 3 is 2.57 bits per heavy atom. The molecule has 2 N–H and O–H groups in total. The van der Waals surface area contributed by atoms with Crippen LogP contribution < -0.4 is 5.73 Å². The van der Waals surface area contributed by atoms with Gasteiger partial charge in [0.15, 0.2) is 11.0 Å². The standard InChI is InChI=1S/C7H4ClF3N2O/c8-5-4(9)3(7(12)14)2(1-13-5)6(10)11/h1,6H,(H2,12,14). The fourth-order valence-corrected chi connectivity index (χ4v) is 1.04. The van der Waals surface area contributed by atoms with Crippen molar-refractivity contribution in [3.8, 4) is 0 Å². The molecule has 0 fully saturated rings. The lowest BCUT2D eigenvalue weighted by atomic mass is 10.1. The van der Waals surface area contributed by atoms with E-state index in [1.165, 1.54) is 0 Å². The highest BCUT2D eigenvalue weighted by Gasteiger charge is 2.23. The Balaban J connectivity index is 3.45. The Morgan fingerprint density at radius 1 is 1.57 bits per heavy atom. The number of hydrogen-bond donors (Lipinski definition) is 1. The average Bonchev–Trinajstić information content (AvgIpc) is 2.08. The van der Waals surface area contributed by atoms with E-state index in [2.05, 4.69) is 4.98 Å². The summed E-state index contributed by atoms with van der Waals surface area (Å²) in [7, 11) is 0. The molecule has 1 amide bonds. The molecule has 0 aliphatic carbocycles. The Labute approximate surface area is 81.7 Å². The van der Waals surface area contributed by atoms with E-state index in [9.17, 15) is 18.0 Å². The highest BCUT2D eigenvalue weighted by molar-refractivity contribution is 6.30. The number of carbonyl (C=O) groups is 1. The molecule has 0 spiro atoms. The van der Waals surface area contributed by atoms with Gasteiger partial charge in [-0.15, -0.1) is 0 Å². The summed E-state index contributed by atoms with van der Waals surface area (Å²) in [6, 6.07) is 0. The quantitative estimate of drug-likeness (QED) is 0.780. The topological polar surface area (TPSA) is 56.0 Å². The van der Waals surface area contributed by atoms with E-state index in [1.807, 2.05) is 0 Å². The van der Waals surface area contributed by atoms with Crippen molar-refractivity contribution in [2.45, 2.75) is 6.43 Å². The van der Waals surface area contributed by atoms with E-state index in [0.29, 0.717) is 6.20 Å². The molecule has 1 aromatic rings. The fraction of sp³-hybridized carbons (Fsp3) is 0.143. The van der Waals surface area contributed by atoms with Crippen molar-refractivity contribution in [3.63, 3.8) is 0 Å². The summed E-state index contributed by atoms with van der Waals surface area (Å²) in [5.74, 6) is -2.63. The molecular formula is C7H4ClF3N2O. The largest absolute Gasteiger partial charge is 0.365 e. The summed E-state index contributed by atoms with van der Waals surface area (Å²) < 4.78 is 37.5. The molecule has 0 saturated heterocycles. The van der Waals surface area contributed by atoms with Crippen molar-refractivity contribution in [2.75, 3.05) is 0 Å². The number of alkyl halides is 2. The molecule has 0 saturated carbocycles. The van der Waals surface area contributed by atoms with Gasteiger partial charge in [0.2, 0.25) is 0 Å². The zero-order valence-electron chi connectivity index (χ0n) is 6.60. The highest BCUT2D eigenvalue weighted by Crippen LogP contribution is 2.26. The molecule has 0 atom stereocenters. The summed E-state index contributed by atoms with van der Waals surface area (Å²) in [6.07, 6.45) is -2.41.